The zero-order valence-corrected chi connectivity index (χ0v) is 12.0. The van der Waals surface area contributed by atoms with Crippen molar-refractivity contribution in [2.45, 2.75) is 25.2 Å². The lowest BCUT2D eigenvalue weighted by Crippen LogP contribution is -2.14. The average molecular weight is 281 g/mol. The standard InChI is InChI=1S/C18H19NO2/c1-12-11-19-17-10-14(7-8-15(12)17)16(18(20)21)9-13-5-3-2-4-6-13/h2-8,10,12,16,19H,9,11H2,1H3,(H,20,21). The maximum atomic E-state index is 11.6. The fourth-order valence-electron chi connectivity index (χ4n) is 2.94. The number of rotatable bonds is 4. The highest BCUT2D eigenvalue weighted by Gasteiger charge is 2.24. The van der Waals surface area contributed by atoms with E-state index in [9.17, 15) is 9.90 Å². The van der Waals surface area contributed by atoms with E-state index in [2.05, 4.69) is 18.3 Å². The van der Waals surface area contributed by atoms with Gasteiger partial charge in [0.15, 0.2) is 0 Å². The molecule has 2 unspecified atom stereocenters. The van der Waals surface area contributed by atoms with Crippen molar-refractivity contribution in [3.05, 3.63) is 65.2 Å². The van der Waals surface area contributed by atoms with Crippen molar-refractivity contribution in [2.75, 3.05) is 11.9 Å². The van der Waals surface area contributed by atoms with Crippen LogP contribution in [-0.2, 0) is 11.2 Å². The molecular formula is C18H19NO2. The Balaban J connectivity index is 1.90. The second-order valence-corrected chi connectivity index (χ2v) is 5.71. The van der Waals surface area contributed by atoms with Crippen LogP contribution in [0, 0.1) is 0 Å². The SMILES string of the molecule is CC1CNc2cc(C(Cc3ccccc3)C(=O)O)ccc21. The van der Waals surface area contributed by atoms with Gasteiger partial charge in [-0.3, -0.25) is 4.79 Å². The van der Waals surface area contributed by atoms with Crippen LogP contribution in [0.15, 0.2) is 48.5 Å². The van der Waals surface area contributed by atoms with E-state index in [4.69, 9.17) is 0 Å². The molecule has 0 spiro atoms. The number of nitrogens with one attached hydrogen (secondary N) is 1. The molecular weight excluding hydrogens is 262 g/mol. The molecule has 2 aromatic carbocycles. The van der Waals surface area contributed by atoms with Gasteiger partial charge in [-0.1, -0.05) is 49.4 Å². The number of anilines is 1. The summed E-state index contributed by atoms with van der Waals surface area (Å²) in [6.45, 7) is 3.10. The van der Waals surface area contributed by atoms with Gasteiger partial charge in [0.1, 0.15) is 0 Å². The number of hydrogen-bond donors (Lipinski definition) is 2. The highest BCUT2D eigenvalue weighted by Crippen LogP contribution is 2.34. The van der Waals surface area contributed by atoms with Gasteiger partial charge in [0.2, 0.25) is 0 Å². The minimum atomic E-state index is -0.773. The van der Waals surface area contributed by atoms with Gasteiger partial charge >= 0.3 is 5.97 Å². The number of aliphatic carboxylic acids is 1. The molecule has 3 heteroatoms. The third kappa shape index (κ3) is 2.77. The van der Waals surface area contributed by atoms with Gasteiger partial charge in [0, 0.05) is 18.2 Å². The van der Waals surface area contributed by atoms with E-state index in [0.717, 1.165) is 23.4 Å². The molecule has 2 aromatic rings. The highest BCUT2D eigenvalue weighted by atomic mass is 16.4. The Morgan fingerprint density at radius 3 is 2.76 bits per heavy atom. The average Bonchev–Trinajstić information content (AvgIpc) is 2.86. The Kier molecular flexibility index (Phi) is 3.65. The second-order valence-electron chi connectivity index (χ2n) is 5.71. The maximum absolute atomic E-state index is 11.6. The zero-order chi connectivity index (χ0) is 14.8. The second kappa shape index (κ2) is 5.60. The number of benzene rings is 2. The summed E-state index contributed by atoms with van der Waals surface area (Å²) in [5, 5.41) is 12.9. The van der Waals surface area contributed by atoms with Crippen LogP contribution in [0.1, 0.15) is 35.4 Å². The van der Waals surface area contributed by atoms with Crippen LogP contribution < -0.4 is 5.32 Å². The van der Waals surface area contributed by atoms with E-state index < -0.39 is 11.9 Å². The topological polar surface area (TPSA) is 49.3 Å². The first kappa shape index (κ1) is 13.7. The van der Waals surface area contributed by atoms with Gasteiger partial charge < -0.3 is 10.4 Å². The molecule has 1 heterocycles. The predicted molar refractivity (Wildman–Crippen MR) is 83.9 cm³/mol. The summed E-state index contributed by atoms with van der Waals surface area (Å²) in [4.78, 5) is 11.6. The monoisotopic (exact) mass is 281 g/mol. The smallest absolute Gasteiger partial charge is 0.311 e. The quantitative estimate of drug-likeness (QED) is 0.899. The summed E-state index contributed by atoms with van der Waals surface area (Å²) in [6.07, 6.45) is 0.518. The van der Waals surface area contributed by atoms with Crippen molar-refractivity contribution >= 4 is 11.7 Å². The minimum absolute atomic E-state index is 0.492. The Hall–Kier alpha value is -2.29. The van der Waals surface area contributed by atoms with Crippen LogP contribution in [-0.4, -0.2) is 17.6 Å². The van der Waals surface area contributed by atoms with Gasteiger partial charge in [-0.2, -0.15) is 0 Å². The van der Waals surface area contributed by atoms with Crippen LogP contribution in [0.25, 0.3) is 0 Å². The molecule has 2 atom stereocenters. The summed E-state index contributed by atoms with van der Waals surface area (Å²) in [6, 6.07) is 15.8. The van der Waals surface area contributed by atoms with E-state index in [-0.39, 0.29) is 0 Å². The number of fused-ring (bicyclic) bond motifs is 1. The van der Waals surface area contributed by atoms with Crippen molar-refractivity contribution in [2.24, 2.45) is 0 Å². The molecule has 0 saturated carbocycles. The largest absolute Gasteiger partial charge is 0.481 e. The lowest BCUT2D eigenvalue weighted by molar-refractivity contribution is -0.138. The number of carbonyl (C=O) groups is 1. The maximum Gasteiger partial charge on any atom is 0.311 e. The summed E-state index contributed by atoms with van der Waals surface area (Å²) in [5.74, 6) is -0.785. The molecule has 0 aromatic heterocycles. The molecule has 2 N–H and O–H groups in total. The summed E-state index contributed by atoms with van der Waals surface area (Å²) < 4.78 is 0. The van der Waals surface area contributed by atoms with Crippen LogP contribution in [0.5, 0.6) is 0 Å². The Bertz CT molecular complexity index is 652. The number of carboxylic acid groups (broad SMARTS) is 1. The molecule has 0 saturated heterocycles. The fraction of sp³-hybridized carbons (Fsp3) is 0.278. The van der Waals surface area contributed by atoms with E-state index in [1.807, 2.05) is 42.5 Å². The molecule has 0 bridgehead atoms. The lowest BCUT2D eigenvalue weighted by Gasteiger charge is -2.14. The van der Waals surface area contributed by atoms with E-state index >= 15 is 0 Å². The number of hydrogen-bond acceptors (Lipinski definition) is 2. The van der Waals surface area contributed by atoms with Crippen molar-refractivity contribution in [1.82, 2.24) is 0 Å². The summed E-state index contributed by atoms with van der Waals surface area (Å²) in [5.41, 5.74) is 4.28. The molecule has 0 aliphatic carbocycles. The van der Waals surface area contributed by atoms with E-state index in [0.29, 0.717) is 12.3 Å². The van der Waals surface area contributed by atoms with Crippen molar-refractivity contribution in [1.29, 1.82) is 0 Å². The van der Waals surface area contributed by atoms with Crippen LogP contribution in [0.2, 0.25) is 0 Å². The van der Waals surface area contributed by atoms with Crippen molar-refractivity contribution in [3.63, 3.8) is 0 Å². The Labute approximate surface area is 124 Å². The van der Waals surface area contributed by atoms with Gasteiger partial charge in [-0.25, -0.2) is 0 Å². The van der Waals surface area contributed by atoms with Gasteiger partial charge in [-0.15, -0.1) is 0 Å². The third-order valence-corrected chi connectivity index (χ3v) is 4.19. The Morgan fingerprint density at radius 2 is 2.05 bits per heavy atom. The third-order valence-electron chi connectivity index (χ3n) is 4.19. The predicted octanol–water partition coefficient (Wildman–Crippen LogP) is 3.63. The molecule has 0 amide bonds. The van der Waals surface area contributed by atoms with Gasteiger partial charge in [0.05, 0.1) is 5.92 Å². The molecule has 0 fully saturated rings. The summed E-state index contributed by atoms with van der Waals surface area (Å²) >= 11 is 0. The molecule has 3 nitrogen and oxygen atoms in total. The van der Waals surface area contributed by atoms with E-state index in [1.54, 1.807) is 0 Å². The van der Waals surface area contributed by atoms with Gasteiger partial charge in [0.25, 0.3) is 0 Å². The number of carboxylic acids is 1. The first-order valence-electron chi connectivity index (χ1n) is 7.29. The van der Waals surface area contributed by atoms with Crippen molar-refractivity contribution in [3.8, 4) is 0 Å². The van der Waals surface area contributed by atoms with Crippen LogP contribution in [0.3, 0.4) is 0 Å². The Morgan fingerprint density at radius 1 is 1.29 bits per heavy atom. The molecule has 108 valence electrons. The van der Waals surface area contributed by atoms with Crippen LogP contribution >= 0.6 is 0 Å². The fourth-order valence-corrected chi connectivity index (χ4v) is 2.94. The minimum Gasteiger partial charge on any atom is -0.481 e. The van der Waals surface area contributed by atoms with Gasteiger partial charge in [-0.05, 0) is 29.2 Å². The highest BCUT2D eigenvalue weighted by molar-refractivity contribution is 5.77. The molecule has 1 aliphatic heterocycles. The van der Waals surface area contributed by atoms with Crippen molar-refractivity contribution < 1.29 is 9.90 Å². The molecule has 1 aliphatic rings. The van der Waals surface area contributed by atoms with Crippen LogP contribution in [0.4, 0.5) is 5.69 Å². The molecule has 21 heavy (non-hydrogen) atoms. The lowest BCUT2D eigenvalue weighted by atomic mass is 9.90. The summed E-state index contributed by atoms with van der Waals surface area (Å²) in [7, 11) is 0. The normalized spacial score (nSPS) is 17.9. The molecule has 3 rings (SSSR count). The first-order valence-corrected chi connectivity index (χ1v) is 7.29. The zero-order valence-electron chi connectivity index (χ0n) is 12.0. The molecule has 0 radical (unpaired) electrons. The first-order chi connectivity index (χ1) is 10.1. The van der Waals surface area contributed by atoms with E-state index in [1.165, 1.54) is 5.56 Å².